The molecule has 0 amide bonds. The molecule has 4 nitrogen and oxygen atoms in total. The number of hydrogen-bond acceptors (Lipinski definition) is 3. The normalized spacial score (nSPS) is 11.5. The molecule has 0 atom stereocenters. The lowest BCUT2D eigenvalue weighted by atomic mass is 9.92. The van der Waals surface area contributed by atoms with Gasteiger partial charge in [0.15, 0.2) is 0 Å². The molecule has 0 saturated carbocycles. The second kappa shape index (κ2) is 6.63. The number of aromatic nitrogens is 2. The van der Waals surface area contributed by atoms with Gasteiger partial charge in [0.2, 0.25) is 0 Å². The summed E-state index contributed by atoms with van der Waals surface area (Å²) in [6.07, 6.45) is 0. The van der Waals surface area contributed by atoms with Crippen LogP contribution in [0.3, 0.4) is 0 Å². The van der Waals surface area contributed by atoms with Crippen LogP contribution in [0, 0.1) is 6.92 Å². The Morgan fingerprint density at radius 3 is 2.40 bits per heavy atom. The summed E-state index contributed by atoms with van der Waals surface area (Å²) in [5.41, 5.74) is 10.2. The third-order valence-electron chi connectivity index (χ3n) is 4.16. The van der Waals surface area contributed by atoms with Crippen molar-refractivity contribution < 1.29 is 4.74 Å². The number of hydrogen-bond donors (Lipinski definition) is 1. The van der Waals surface area contributed by atoms with Gasteiger partial charge in [-0.25, -0.2) is 4.68 Å². The van der Waals surface area contributed by atoms with Crippen molar-refractivity contribution in [3.63, 3.8) is 0 Å². The fourth-order valence-corrected chi connectivity index (χ4v) is 2.58. The highest BCUT2D eigenvalue weighted by Crippen LogP contribution is 2.27. The molecule has 2 aromatic carbocycles. The maximum atomic E-state index is 6.18. The third-order valence-corrected chi connectivity index (χ3v) is 4.16. The van der Waals surface area contributed by atoms with Crippen LogP contribution in [0.5, 0.6) is 5.75 Å². The zero-order valence-electron chi connectivity index (χ0n) is 15.3. The van der Waals surface area contributed by atoms with Gasteiger partial charge >= 0.3 is 0 Å². The molecule has 25 heavy (non-hydrogen) atoms. The van der Waals surface area contributed by atoms with Gasteiger partial charge in [-0.05, 0) is 24.1 Å². The van der Waals surface area contributed by atoms with Gasteiger partial charge in [-0.15, -0.1) is 0 Å². The van der Waals surface area contributed by atoms with Crippen LogP contribution in [0.15, 0.2) is 54.6 Å². The highest BCUT2D eigenvalue weighted by Gasteiger charge is 2.19. The summed E-state index contributed by atoms with van der Waals surface area (Å²) in [5, 5.41) is 4.68. The topological polar surface area (TPSA) is 53.1 Å². The third kappa shape index (κ3) is 3.85. The van der Waals surface area contributed by atoms with E-state index in [2.05, 4.69) is 38.0 Å². The minimum absolute atomic E-state index is 0.0449. The van der Waals surface area contributed by atoms with Crippen LogP contribution in [0.2, 0.25) is 0 Å². The van der Waals surface area contributed by atoms with Gasteiger partial charge < -0.3 is 10.5 Å². The van der Waals surface area contributed by atoms with Crippen molar-refractivity contribution in [3.05, 3.63) is 71.4 Å². The van der Waals surface area contributed by atoms with Gasteiger partial charge in [0.05, 0.1) is 11.4 Å². The highest BCUT2D eigenvalue weighted by molar-refractivity contribution is 5.49. The SMILES string of the molecule is Cc1ccc(-n2nc(C(C)(C)C)cc2N)cc1OCc1ccccc1. The van der Waals surface area contributed by atoms with E-state index in [-0.39, 0.29) is 5.41 Å². The van der Waals surface area contributed by atoms with E-state index in [4.69, 9.17) is 10.5 Å². The van der Waals surface area contributed by atoms with Crippen molar-refractivity contribution in [2.75, 3.05) is 5.73 Å². The Bertz CT molecular complexity index is 861. The first-order valence-corrected chi connectivity index (χ1v) is 8.48. The smallest absolute Gasteiger partial charge is 0.127 e. The van der Waals surface area contributed by atoms with Crippen molar-refractivity contribution >= 4 is 5.82 Å². The predicted octanol–water partition coefficient (Wildman–Crippen LogP) is 4.64. The lowest BCUT2D eigenvalue weighted by molar-refractivity contribution is 0.304. The number of aryl methyl sites for hydroxylation is 1. The van der Waals surface area contributed by atoms with Gasteiger partial charge in [-0.2, -0.15) is 5.10 Å². The van der Waals surface area contributed by atoms with Gasteiger partial charge in [0.25, 0.3) is 0 Å². The number of nitrogen functional groups attached to an aromatic ring is 1. The zero-order chi connectivity index (χ0) is 18.0. The van der Waals surface area contributed by atoms with Crippen molar-refractivity contribution in [1.29, 1.82) is 0 Å². The number of nitrogens with zero attached hydrogens (tertiary/aromatic N) is 2. The first-order chi connectivity index (χ1) is 11.8. The number of ether oxygens (including phenoxy) is 1. The molecular weight excluding hydrogens is 310 g/mol. The largest absolute Gasteiger partial charge is 0.489 e. The Kier molecular flexibility index (Phi) is 4.53. The van der Waals surface area contributed by atoms with Gasteiger partial charge in [0.1, 0.15) is 18.2 Å². The van der Waals surface area contributed by atoms with E-state index in [0.29, 0.717) is 12.4 Å². The first-order valence-electron chi connectivity index (χ1n) is 8.48. The Hall–Kier alpha value is -2.75. The molecular formula is C21H25N3O. The minimum Gasteiger partial charge on any atom is -0.489 e. The Labute approximate surface area is 149 Å². The molecule has 0 spiro atoms. The quantitative estimate of drug-likeness (QED) is 0.755. The van der Waals surface area contributed by atoms with Crippen LogP contribution >= 0.6 is 0 Å². The standard InChI is InChI=1S/C21H25N3O/c1-15-10-11-17(24-20(22)13-19(23-24)21(2,3)4)12-18(15)25-14-16-8-6-5-7-9-16/h5-13H,14,22H2,1-4H3. The molecule has 0 aliphatic heterocycles. The molecule has 4 heteroatoms. The molecule has 2 N–H and O–H groups in total. The Morgan fingerprint density at radius 1 is 1.04 bits per heavy atom. The van der Waals surface area contributed by atoms with E-state index in [1.54, 1.807) is 4.68 Å². The molecule has 3 rings (SSSR count). The minimum atomic E-state index is -0.0449. The van der Waals surface area contributed by atoms with Crippen LogP contribution in [0.4, 0.5) is 5.82 Å². The van der Waals surface area contributed by atoms with E-state index < -0.39 is 0 Å². The van der Waals surface area contributed by atoms with Crippen LogP contribution in [0.1, 0.15) is 37.6 Å². The van der Waals surface area contributed by atoms with Crippen molar-refractivity contribution in [3.8, 4) is 11.4 Å². The summed E-state index contributed by atoms with van der Waals surface area (Å²) in [5.74, 6) is 1.47. The molecule has 0 bridgehead atoms. The molecule has 1 heterocycles. The summed E-state index contributed by atoms with van der Waals surface area (Å²) in [7, 11) is 0. The fraction of sp³-hybridized carbons (Fsp3) is 0.286. The molecule has 0 unspecified atom stereocenters. The van der Waals surface area contributed by atoms with Crippen molar-refractivity contribution in [2.24, 2.45) is 0 Å². The molecule has 130 valence electrons. The summed E-state index contributed by atoms with van der Waals surface area (Å²) < 4.78 is 7.79. The second-order valence-electron chi connectivity index (χ2n) is 7.34. The second-order valence-corrected chi connectivity index (χ2v) is 7.34. The molecule has 0 aliphatic carbocycles. The molecule has 0 aliphatic rings. The zero-order valence-corrected chi connectivity index (χ0v) is 15.3. The number of nitrogens with two attached hydrogens (primary N) is 1. The predicted molar refractivity (Wildman–Crippen MR) is 102 cm³/mol. The first kappa shape index (κ1) is 17.1. The molecule has 0 fully saturated rings. The van der Waals surface area contributed by atoms with E-state index >= 15 is 0 Å². The van der Waals surface area contributed by atoms with Crippen LogP contribution in [-0.2, 0) is 12.0 Å². The number of anilines is 1. The summed E-state index contributed by atoms with van der Waals surface area (Å²) >= 11 is 0. The fourth-order valence-electron chi connectivity index (χ4n) is 2.58. The average Bonchev–Trinajstić information content (AvgIpc) is 2.97. The van der Waals surface area contributed by atoms with E-state index in [0.717, 1.165) is 28.3 Å². The van der Waals surface area contributed by atoms with Gasteiger partial charge in [-0.1, -0.05) is 57.2 Å². The van der Waals surface area contributed by atoms with Crippen LogP contribution in [-0.4, -0.2) is 9.78 Å². The maximum Gasteiger partial charge on any atom is 0.127 e. The van der Waals surface area contributed by atoms with E-state index in [1.807, 2.05) is 49.4 Å². The summed E-state index contributed by atoms with van der Waals surface area (Å²) in [6.45, 7) is 8.96. The Balaban J connectivity index is 1.88. The monoisotopic (exact) mass is 335 g/mol. The summed E-state index contributed by atoms with van der Waals surface area (Å²) in [4.78, 5) is 0. The Morgan fingerprint density at radius 2 is 1.76 bits per heavy atom. The van der Waals surface area contributed by atoms with Crippen molar-refractivity contribution in [2.45, 2.75) is 39.7 Å². The lowest BCUT2D eigenvalue weighted by Gasteiger charge is -2.14. The average molecular weight is 335 g/mol. The van der Waals surface area contributed by atoms with Crippen LogP contribution in [0.25, 0.3) is 5.69 Å². The number of benzene rings is 2. The summed E-state index contributed by atoms with van der Waals surface area (Å²) in [6, 6.07) is 18.1. The highest BCUT2D eigenvalue weighted by atomic mass is 16.5. The van der Waals surface area contributed by atoms with Crippen LogP contribution < -0.4 is 10.5 Å². The molecule has 0 saturated heterocycles. The van der Waals surface area contributed by atoms with E-state index in [1.165, 1.54) is 0 Å². The number of rotatable bonds is 4. The van der Waals surface area contributed by atoms with Crippen molar-refractivity contribution in [1.82, 2.24) is 9.78 Å². The molecule has 0 radical (unpaired) electrons. The molecule has 1 aromatic heterocycles. The van der Waals surface area contributed by atoms with Gasteiger partial charge in [0, 0.05) is 17.5 Å². The lowest BCUT2D eigenvalue weighted by Crippen LogP contribution is -2.12. The maximum absolute atomic E-state index is 6.18. The van der Waals surface area contributed by atoms with Gasteiger partial charge in [-0.3, -0.25) is 0 Å². The molecule has 3 aromatic rings. The van der Waals surface area contributed by atoms with E-state index in [9.17, 15) is 0 Å².